The topological polar surface area (TPSA) is 79.9 Å². The second-order valence-corrected chi connectivity index (χ2v) is 5.99. The van der Waals surface area contributed by atoms with Crippen LogP contribution < -0.4 is 5.32 Å². The molecule has 0 saturated heterocycles. The predicted molar refractivity (Wildman–Crippen MR) is 80.4 cm³/mol. The van der Waals surface area contributed by atoms with Crippen molar-refractivity contribution in [1.29, 1.82) is 0 Å². The fraction of sp³-hybridized carbons (Fsp3) is 0.625. The maximum Gasteiger partial charge on any atom is 0.289 e. The molecule has 1 saturated carbocycles. The Balaban J connectivity index is 1.50. The van der Waals surface area contributed by atoms with E-state index in [2.05, 4.69) is 26.4 Å². The van der Waals surface area contributed by atoms with Crippen molar-refractivity contribution in [2.24, 2.45) is 10.2 Å². The summed E-state index contributed by atoms with van der Waals surface area (Å²) in [6.45, 7) is 2.30. The van der Waals surface area contributed by atoms with Crippen LogP contribution in [0.1, 0.15) is 66.6 Å². The molecule has 0 aromatic carbocycles. The average Bonchev–Trinajstić information content (AvgIpc) is 3.10. The van der Waals surface area contributed by atoms with Gasteiger partial charge in [-0.3, -0.25) is 4.79 Å². The van der Waals surface area contributed by atoms with Gasteiger partial charge in [0, 0.05) is 31.7 Å². The van der Waals surface area contributed by atoms with E-state index in [9.17, 15) is 4.79 Å². The van der Waals surface area contributed by atoms with Crippen molar-refractivity contribution in [2.75, 3.05) is 6.54 Å². The van der Waals surface area contributed by atoms with Gasteiger partial charge in [0.25, 0.3) is 5.91 Å². The lowest BCUT2D eigenvalue weighted by atomic mass is 9.85. The normalized spacial score (nSPS) is 18.5. The van der Waals surface area contributed by atoms with Crippen molar-refractivity contribution < 1.29 is 9.21 Å². The van der Waals surface area contributed by atoms with Crippen LogP contribution in [-0.2, 0) is 0 Å². The quantitative estimate of drug-likeness (QED) is 0.786. The molecule has 1 aliphatic carbocycles. The van der Waals surface area contributed by atoms with Gasteiger partial charge >= 0.3 is 0 Å². The molecule has 1 aromatic rings. The van der Waals surface area contributed by atoms with E-state index < -0.39 is 0 Å². The molecular weight excluding hydrogens is 280 g/mol. The lowest BCUT2D eigenvalue weighted by molar-refractivity contribution is 0.0919. The van der Waals surface area contributed by atoms with Crippen molar-refractivity contribution in [2.45, 2.75) is 57.0 Å². The number of carbonyl (C=O) groups is 1. The second kappa shape index (κ2) is 5.91. The first kappa shape index (κ1) is 14.8. The van der Waals surface area contributed by atoms with Gasteiger partial charge in [0.15, 0.2) is 11.6 Å². The Bertz CT molecular complexity index is 631. The van der Waals surface area contributed by atoms with Gasteiger partial charge in [-0.1, -0.05) is 6.42 Å². The molecule has 0 unspecified atom stereocenters. The number of rotatable bonds is 7. The fourth-order valence-electron chi connectivity index (χ4n) is 2.58. The smallest absolute Gasteiger partial charge is 0.289 e. The van der Waals surface area contributed by atoms with Crippen molar-refractivity contribution in [1.82, 2.24) is 10.3 Å². The van der Waals surface area contributed by atoms with Crippen LogP contribution in [0.5, 0.6) is 0 Å². The van der Waals surface area contributed by atoms with E-state index in [0.717, 1.165) is 19.3 Å². The van der Waals surface area contributed by atoms with Gasteiger partial charge in [-0.2, -0.15) is 10.2 Å². The highest BCUT2D eigenvalue weighted by atomic mass is 16.4. The number of aromatic nitrogens is 1. The summed E-state index contributed by atoms with van der Waals surface area (Å²) in [4.78, 5) is 16.6. The SMILES string of the molecule is C#CCCC1(CCNC(=O)c2oc(C3CCC3)nc2C)N=N1. The van der Waals surface area contributed by atoms with Gasteiger partial charge in [-0.25, -0.2) is 4.98 Å². The van der Waals surface area contributed by atoms with Crippen molar-refractivity contribution in [3.8, 4) is 12.3 Å². The van der Waals surface area contributed by atoms with Crippen LogP contribution in [0.2, 0.25) is 0 Å². The van der Waals surface area contributed by atoms with E-state index in [0.29, 0.717) is 42.6 Å². The number of aryl methyl sites for hydroxylation is 1. The van der Waals surface area contributed by atoms with E-state index >= 15 is 0 Å². The first-order chi connectivity index (χ1) is 10.6. The Morgan fingerprint density at radius 1 is 1.45 bits per heavy atom. The molecule has 6 nitrogen and oxygen atoms in total. The molecule has 1 N–H and O–H groups in total. The zero-order chi connectivity index (χ0) is 15.6. The van der Waals surface area contributed by atoms with Gasteiger partial charge in [-0.05, 0) is 19.8 Å². The van der Waals surface area contributed by atoms with Gasteiger partial charge in [0.05, 0.1) is 5.69 Å². The number of oxazole rings is 1. The Labute approximate surface area is 129 Å². The first-order valence-electron chi connectivity index (χ1n) is 7.76. The maximum absolute atomic E-state index is 12.2. The summed E-state index contributed by atoms with van der Waals surface area (Å²) < 4.78 is 5.65. The average molecular weight is 300 g/mol. The van der Waals surface area contributed by atoms with Gasteiger partial charge < -0.3 is 9.73 Å². The highest BCUT2D eigenvalue weighted by Gasteiger charge is 2.38. The van der Waals surface area contributed by atoms with Crippen LogP contribution in [0.15, 0.2) is 14.6 Å². The van der Waals surface area contributed by atoms with Gasteiger partial charge in [0.2, 0.25) is 5.76 Å². The molecule has 6 heteroatoms. The standard InChI is InChI=1S/C16H20N4O2/c1-3-4-8-16(19-20-16)9-10-17-14(21)13-11(2)18-15(22-13)12-6-5-7-12/h1,12H,4-10H2,2H3,(H,17,21). The molecule has 1 fully saturated rings. The Kier molecular flexibility index (Phi) is 3.97. The van der Waals surface area contributed by atoms with E-state index in [1.807, 2.05) is 0 Å². The molecule has 0 spiro atoms. The minimum atomic E-state index is -0.368. The summed E-state index contributed by atoms with van der Waals surface area (Å²) in [5.41, 5.74) is 0.287. The van der Waals surface area contributed by atoms with Crippen LogP contribution in [0.25, 0.3) is 0 Å². The minimum Gasteiger partial charge on any atom is -0.435 e. The van der Waals surface area contributed by atoms with E-state index in [4.69, 9.17) is 10.8 Å². The van der Waals surface area contributed by atoms with E-state index in [-0.39, 0.29) is 11.6 Å². The Hall–Kier alpha value is -2.16. The molecule has 0 atom stereocenters. The largest absolute Gasteiger partial charge is 0.435 e. The maximum atomic E-state index is 12.2. The van der Waals surface area contributed by atoms with Gasteiger partial charge in [-0.15, -0.1) is 12.3 Å². The number of amides is 1. The van der Waals surface area contributed by atoms with Crippen molar-refractivity contribution in [3.63, 3.8) is 0 Å². The monoisotopic (exact) mass is 300 g/mol. The predicted octanol–water partition coefficient (Wildman–Crippen LogP) is 2.95. The number of hydrogen-bond acceptors (Lipinski definition) is 5. The molecule has 0 bridgehead atoms. The summed E-state index contributed by atoms with van der Waals surface area (Å²) in [7, 11) is 0. The number of hydrogen-bond donors (Lipinski definition) is 1. The zero-order valence-corrected chi connectivity index (χ0v) is 12.8. The number of terminal acetylenes is 1. The highest BCUT2D eigenvalue weighted by Crippen LogP contribution is 2.37. The molecular formula is C16H20N4O2. The van der Waals surface area contributed by atoms with Crippen LogP contribution in [0, 0.1) is 19.3 Å². The van der Waals surface area contributed by atoms with Crippen LogP contribution >= 0.6 is 0 Å². The molecule has 2 heterocycles. The van der Waals surface area contributed by atoms with Crippen LogP contribution in [0.3, 0.4) is 0 Å². The number of nitrogens with one attached hydrogen (secondary N) is 1. The van der Waals surface area contributed by atoms with Gasteiger partial charge in [0.1, 0.15) is 0 Å². The summed E-state index contributed by atoms with van der Waals surface area (Å²) in [5.74, 6) is 3.78. The summed E-state index contributed by atoms with van der Waals surface area (Å²) in [6.07, 6.45) is 10.7. The molecule has 0 radical (unpaired) electrons. The molecule has 3 rings (SSSR count). The number of carbonyl (C=O) groups excluding carboxylic acids is 1. The van der Waals surface area contributed by atoms with E-state index in [1.165, 1.54) is 6.42 Å². The molecule has 1 aliphatic heterocycles. The van der Waals surface area contributed by atoms with Crippen LogP contribution in [0.4, 0.5) is 0 Å². The summed E-state index contributed by atoms with van der Waals surface area (Å²) >= 11 is 0. The fourth-order valence-corrected chi connectivity index (χ4v) is 2.58. The zero-order valence-electron chi connectivity index (χ0n) is 12.8. The first-order valence-corrected chi connectivity index (χ1v) is 7.76. The lowest BCUT2D eigenvalue weighted by Crippen LogP contribution is -2.28. The second-order valence-electron chi connectivity index (χ2n) is 5.99. The summed E-state index contributed by atoms with van der Waals surface area (Å²) in [6, 6.07) is 0. The molecule has 22 heavy (non-hydrogen) atoms. The molecule has 1 amide bonds. The molecule has 2 aliphatic rings. The molecule has 116 valence electrons. The Morgan fingerprint density at radius 2 is 2.23 bits per heavy atom. The van der Waals surface area contributed by atoms with Crippen LogP contribution in [-0.4, -0.2) is 23.1 Å². The third-order valence-corrected chi connectivity index (χ3v) is 4.34. The number of nitrogens with zero attached hydrogens (tertiary/aromatic N) is 3. The summed E-state index contributed by atoms with van der Waals surface area (Å²) in [5, 5.41) is 11.0. The Morgan fingerprint density at radius 3 is 2.82 bits per heavy atom. The third kappa shape index (κ3) is 3.03. The third-order valence-electron chi connectivity index (χ3n) is 4.34. The van der Waals surface area contributed by atoms with Crippen molar-refractivity contribution >= 4 is 5.91 Å². The lowest BCUT2D eigenvalue weighted by Gasteiger charge is -2.21. The van der Waals surface area contributed by atoms with E-state index in [1.54, 1.807) is 6.92 Å². The highest BCUT2D eigenvalue weighted by molar-refractivity contribution is 5.92. The minimum absolute atomic E-state index is 0.219. The molecule has 1 aromatic heterocycles. The van der Waals surface area contributed by atoms with Crippen molar-refractivity contribution in [3.05, 3.63) is 17.3 Å².